The van der Waals surface area contributed by atoms with E-state index in [9.17, 15) is 0 Å². The molecule has 106 valence electrons. The van der Waals surface area contributed by atoms with Gasteiger partial charge in [-0.05, 0) is 36.6 Å². The number of aryl methyl sites for hydroxylation is 1. The van der Waals surface area contributed by atoms with Gasteiger partial charge in [0.05, 0.1) is 0 Å². The molecule has 0 saturated carbocycles. The van der Waals surface area contributed by atoms with Gasteiger partial charge in [-0.3, -0.25) is 0 Å². The number of fused-ring (bicyclic) bond motifs is 1. The van der Waals surface area contributed by atoms with Crippen molar-refractivity contribution in [2.45, 2.75) is 43.1 Å². The Morgan fingerprint density at radius 3 is 3.05 bits per heavy atom. The van der Waals surface area contributed by atoms with Gasteiger partial charge in [0, 0.05) is 29.4 Å². The Hall–Kier alpha value is -1.20. The number of rotatable bonds is 3. The second-order valence-corrected chi connectivity index (χ2v) is 6.37. The van der Waals surface area contributed by atoms with Crippen molar-refractivity contribution in [1.82, 2.24) is 14.8 Å². The Kier molecular flexibility index (Phi) is 4.17. The van der Waals surface area contributed by atoms with Crippen LogP contribution < -0.4 is 5.73 Å². The summed E-state index contributed by atoms with van der Waals surface area (Å²) >= 11 is 7.69. The summed E-state index contributed by atoms with van der Waals surface area (Å²) in [7, 11) is 0. The molecule has 6 heteroatoms. The highest BCUT2D eigenvalue weighted by atomic mass is 35.5. The highest BCUT2D eigenvalue weighted by Crippen LogP contribution is 2.28. The first kappa shape index (κ1) is 13.8. The van der Waals surface area contributed by atoms with Gasteiger partial charge in [0.1, 0.15) is 5.82 Å². The molecule has 1 aliphatic rings. The minimum atomic E-state index is 0.717. The maximum absolute atomic E-state index is 6.02. The van der Waals surface area contributed by atoms with Gasteiger partial charge in [-0.2, -0.15) is 0 Å². The van der Waals surface area contributed by atoms with Crippen LogP contribution in [0.2, 0.25) is 5.02 Å². The molecule has 4 nitrogen and oxygen atoms in total. The summed E-state index contributed by atoms with van der Waals surface area (Å²) in [5, 5.41) is 10.3. The fraction of sp³-hybridized carbons (Fsp3) is 0.429. The maximum Gasteiger partial charge on any atom is 0.191 e. The van der Waals surface area contributed by atoms with Crippen LogP contribution in [0.1, 0.15) is 30.7 Å². The van der Waals surface area contributed by atoms with E-state index < -0.39 is 0 Å². The number of benzene rings is 1. The Balaban J connectivity index is 1.75. The monoisotopic (exact) mass is 308 g/mol. The first-order valence-electron chi connectivity index (χ1n) is 6.83. The van der Waals surface area contributed by atoms with Gasteiger partial charge in [-0.1, -0.05) is 29.8 Å². The lowest BCUT2D eigenvalue weighted by molar-refractivity contribution is 0.591. The van der Waals surface area contributed by atoms with Gasteiger partial charge in [0.15, 0.2) is 5.16 Å². The van der Waals surface area contributed by atoms with Gasteiger partial charge in [0.25, 0.3) is 0 Å². The fourth-order valence-corrected chi connectivity index (χ4v) is 3.59. The zero-order valence-electron chi connectivity index (χ0n) is 11.2. The normalized spacial score (nSPS) is 14.8. The maximum atomic E-state index is 6.02. The van der Waals surface area contributed by atoms with Crippen LogP contribution >= 0.6 is 23.4 Å². The third kappa shape index (κ3) is 2.94. The second-order valence-electron chi connectivity index (χ2n) is 4.99. The van der Waals surface area contributed by atoms with Crippen LogP contribution in [-0.2, 0) is 18.7 Å². The molecule has 0 amide bonds. The summed E-state index contributed by atoms with van der Waals surface area (Å²) in [6, 6.07) is 5.58. The summed E-state index contributed by atoms with van der Waals surface area (Å²) in [4.78, 5) is 0. The van der Waals surface area contributed by atoms with Crippen LogP contribution in [0, 0.1) is 0 Å². The van der Waals surface area contributed by atoms with Crippen molar-refractivity contribution >= 4 is 29.1 Å². The van der Waals surface area contributed by atoms with E-state index in [-0.39, 0.29) is 0 Å². The SMILES string of the molecule is Nc1ccc(Cl)cc1CSc1nnc2n1CCCCC2. The average molecular weight is 309 g/mol. The molecule has 0 fully saturated rings. The Morgan fingerprint density at radius 2 is 2.15 bits per heavy atom. The number of anilines is 1. The van der Waals surface area contributed by atoms with E-state index in [0.717, 1.165) is 46.0 Å². The van der Waals surface area contributed by atoms with Crippen LogP contribution in [0.3, 0.4) is 0 Å². The highest BCUT2D eigenvalue weighted by Gasteiger charge is 2.15. The molecule has 1 aromatic heterocycles. The zero-order valence-corrected chi connectivity index (χ0v) is 12.8. The van der Waals surface area contributed by atoms with Gasteiger partial charge in [-0.15, -0.1) is 10.2 Å². The van der Waals surface area contributed by atoms with Crippen LogP contribution in [0.4, 0.5) is 5.69 Å². The quantitative estimate of drug-likeness (QED) is 0.696. The summed E-state index contributed by atoms with van der Waals surface area (Å²) in [6.45, 7) is 1.02. The van der Waals surface area contributed by atoms with E-state index in [1.54, 1.807) is 11.8 Å². The standard InChI is InChI=1S/C14H17ClN4S/c15-11-5-6-12(16)10(8-11)9-20-14-18-17-13-4-2-1-3-7-19(13)14/h5-6,8H,1-4,7,9,16H2. The van der Waals surface area contributed by atoms with Crippen molar-refractivity contribution in [1.29, 1.82) is 0 Å². The molecule has 0 unspecified atom stereocenters. The predicted octanol–water partition coefficient (Wildman–Crippen LogP) is 3.53. The van der Waals surface area contributed by atoms with Gasteiger partial charge in [0.2, 0.25) is 0 Å². The van der Waals surface area contributed by atoms with Crippen LogP contribution in [0.5, 0.6) is 0 Å². The molecule has 0 aliphatic carbocycles. The molecule has 3 rings (SSSR count). The molecular weight excluding hydrogens is 292 g/mol. The van der Waals surface area contributed by atoms with E-state index >= 15 is 0 Å². The van der Waals surface area contributed by atoms with Gasteiger partial charge < -0.3 is 10.3 Å². The van der Waals surface area contributed by atoms with E-state index in [4.69, 9.17) is 17.3 Å². The Labute approximate surface area is 127 Å². The summed E-state index contributed by atoms with van der Waals surface area (Å²) in [5.41, 5.74) is 7.80. The number of nitrogens with zero attached hydrogens (tertiary/aromatic N) is 3. The number of thioether (sulfide) groups is 1. The van der Waals surface area contributed by atoms with Crippen molar-refractivity contribution < 1.29 is 0 Å². The minimum absolute atomic E-state index is 0.717. The van der Waals surface area contributed by atoms with Gasteiger partial charge >= 0.3 is 0 Å². The largest absolute Gasteiger partial charge is 0.398 e. The molecular formula is C14H17ClN4S. The first-order chi connectivity index (χ1) is 9.74. The predicted molar refractivity (Wildman–Crippen MR) is 83.0 cm³/mol. The number of nitrogen functional groups attached to an aromatic ring is 1. The Bertz CT molecular complexity index is 611. The summed E-state index contributed by atoms with van der Waals surface area (Å²) < 4.78 is 2.25. The number of aromatic nitrogens is 3. The fourth-order valence-electron chi connectivity index (χ4n) is 2.41. The molecule has 1 aliphatic heterocycles. The summed E-state index contributed by atoms with van der Waals surface area (Å²) in [6.07, 6.45) is 4.73. The molecule has 2 heterocycles. The van der Waals surface area contributed by atoms with Crippen molar-refractivity contribution in [2.24, 2.45) is 0 Å². The highest BCUT2D eigenvalue weighted by molar-refractivity contribution is 7.98. The smallest absolute Gasteiger partial charge is 0.191 e. The van der Waals surface area contributed by atoms with Crippen molar-refractivity contribution in [3.63, 3.8) is 0 Å². The first-order valence-corrected chi connectivity index (χ1v) is 8.19. The number of halogens is 1. The molecule has 2 N–H and O–H groups in total. The molecule has 0 spiro atoms. The van der Waals surface area contributed by atoms with E-state index in [1.807, 2.05) is 18.2 Å². The number of hydrogen-bond acceptors (Lipinski definition) is 4. The number of nitrogens with two attached hydrogens (primary N) is 1. The second kappa shape index (κ2) is 6.06. The molecule has 0 radical (unpaired) electrons. The molecule has 1 aromatic carbocycles. The van der Waals surface area contributed by atoms with Gasteiger partial charge in [-0.25, -0.2) is 0 Å². The van der Waals surface area contributed by atoms with Crippen LogP contribution in [0.15, 0.2) is 23.4 Å². The molecule has 0 atom stereocenters. The third-order valence-corrected chi connectivity index (χ3v) is 4.79. The Morgan fingerprint density at radius 1 is 1.25 bits per heavy atom. The lowest BCUT2D eigenvalue weighted by Gasteiger charge is -2.08. The summed E-state index contributed by atoms with van der Waals surface area (Å²) in [5.74, 6) is 1.88. The van der Waals surface area contributed by atoms with Crippen LogP contribution in [-0.4, -0.2) is 14.8 Å². The van der Waals surface area contributed by atoms with E-state index in [1.165, 1.54) is 19.3 Å². The van der Waals surface area contributed by atoms with E-state index in [2.05, 4.69) is 14.8 Å². The lowest BCUT2D eigenvalue weighted by Crippen LogP contribution is -2.02. The number of hydrogen-bond donors (Lipinski definition) is 1. The van der Waals surface area contributed by atoms with E-state index in [0.29, 0.717) is 0 Å². The lowest BCUT2D eigenvalue weighted by atomic mass is 10.2. The van der Waals surface area contributed by atoms with Crippen molar-refractivity contribution in [3.8, 4) is 0 Å². The molecule has 20 heavy (non-hydrogen) atoms. The average Bonchev–Trinajstić information content (AvgIpc) is 2.68. The molecule has 2 aromatic rings. The topological polar surface area (TPSA) is 56.7 Å². The zero-order chi connectivity index (χ0) is 13.9. The van der Waals surface area contributed by atoms with Crippen molar-refractivity contribution in [3.05, 3.63) is 34.6 Å². The third-order valence-electron chi connectivity index (χ3n) is 3.54. The molecule has 0 bridgehead atoms. The van der Waals surface area contributed by atoms with Crippen LogP contribution in [0.25, 0.3) is 0 Å². The molecule has 0 saturated heterocycles. The van der Waals surface area contributed by atoms with Crippen molar-refractivity contribution in [2.75, 3.05) is 5.73 Å². The minimum Gasteiger partial charge on any atom is -0.398 e.